The number of aromatic hydroxyl groups is 1. The van der Waals surface area contributed by atoms with Gasteiger partial charge in [0.15, 0.2) is 0 Å². The summed E-state index contributed by atoms with van der Waals surface area (Å²) in [5.74, 6) is 0.232. The molecule has 0 radical (unpaired) electrons. The SMILES string of the molecule is CCCC(N)c1cc(N)ccc1O. The van der Waals surface area contributed by atoms with Crippen LogP contribution in [0.15, 0.2) is 18.2 Å². The minimum absolute atomic E-state index is 0.117. The molecule has 0 bridgehead atoms. The van der Waals surface area contributed by atoms with E-state index >= 15 is 0 Å². The van der Waals surface area contributed by atoms with Gasteiger partial charge in [0.1, 0.15) is 5.75 Å². The highest BCUT2D eigenvalue weighted by Gasteiger charge is 2.09. The van der Waals surface area contributed by atoms with E-state index in [9.17, 15) is 5.11 Å². The lowest BCUT2D eigenvalue weighted by atomic mass is 10.0. The first-order valence-corrected chi connectivity index (χ1v) is 4.49. The molecule has 0 aliphatic heterocycles. The predicted octanol–water partition coefficient (Wildman–Crippen LogP) is 1.77. The van der Waals surface area contributed by atoms with Gasteiger partial charge in [-0.15, -0.1) is 0 Å². The second kappa shape index (κ2) is 4.14. The van der Waals surface area contributed by atoms with Gasteiger partial charge in [-0.25, -0.2) is 0 Å². The lowest BCUT2D eigenvalue weighted by Gasteiger charge is -2.12. The molecule has 0 heterocycles. The molecule has 5 N–H and O–H groups in total. The van der Waals surface area contributed by atoms with Gasteiger partial charge in [0.2, 0.25) is 0 Å². The molecule has 0 aromatic heterocycles. The molecule has 1 atom stereocenters. The van der Waals surface area contributed by atoms with Crippen molar-refractivity contribution in [3.8, 4) is 5.75 Å². The molecule has 0 amide bonds. The van der Waals surface area contributed by atoms with Gasteiger partial charge in [-0.2, -0.15) is 0 Å². The number of anilines is 1. The largest absolute Gasteiger partial charge is 0.508 e. The molecule has 0 aliphatic rings. The van der Waals surface area contributed by atoms with Crippen LogP contribution in [-0.2, 0) is 0 Å². The first-order chi connectivity index (χ1) is 6.15. The summed E-state index contributed by atoms with van der Waals surface area (Å²) in [5, 5.41) is 9.50. The molecule has 0 saturated carbocycles. The van der Waals surface area contributed by atoms with Crippen molar-refractivity contribution in [2.45, 2.75) is 25.8 Å². The molecule has 3 heteroatoms. The van der Waals surface area contributed by atoms with Crippen molar-refractivity contribution in [2.24, 2.45) is 5.73 Å². The standard InChI is InChI=1S/C10H16N2O/c1-2-3-9(12)8-6-7(11)4-5-10(8)13/h4-6,9,13H,2-3,11-12H2,1H3. The summed E-state index contributed by atoms with van der Waals surface area (Å²) in [7, 11) is 0. The van der Waals surface area contributed by atoms with Crippen LogP contribution < -0.4 is 11.5 Å². The smallest absolute Gasteiger partial charge is 0.120 e. The average Bonchev–Trinajstić information content (AvgIpc) is 2.09. The van der Waals surface area contributed by atoms with Gasteiger partial charge in [0, 0.05) is 17.3 Å². The minimum Gasteiger partial charge on any atom is -0.508 e. The lowest BCUT2D eigenvalue weighted by molar-refractivity contribution is 0.458. The first-order valence-electron chi connectivity index (χ1n) is 4.49. The molecule has 0 spiro atoms. The summed E-state index contributed by atoms with van der Waals surface area (Å²) >= 11 is 0. The normalized spacial score (nSPS) is 12.8. The Kier molecular flexibility index (Phi) is 3.14. The number of hydrogen-bond acceptors (Lipinski definition) is 3. The third-order valence-corrected chi connectivity index (χ3v) is 2.05. The fourth-order valence-corrected chi connectivity index (χ4v) is 1.34. The summed E-state index contributed by atoms with van der Waals surface area (Å²) < 4.78 is 0. The fraction of sp³-hybridized carbons (Fsp3) is 0.400. The van der Waals surface area contributed by atoms with Gasteiger partial charge in [-0.3, -0.25) is 0 Å². The number of nitrogens with two attached hydrogens (primary N) is 2. The maximum Gasteiger partial charge on any atom is 0.120 e. The molecular weight excluding hydrogens is 164 g/mol. The van der Waals surface area contributed by atoms with Crippen LogP contribution >= 0.6 is 0 Å². The average molecular weight is 180 g/mol. The minimum atomic E-state index is -0.117. The van der Waals surface area contributed by atoms with Crippen molar-refractivity contribution in [3.05, 3.63) is 23.8 Å². The van der Waals surface area contributed by atoms with Crippen LogP contribution in [0, 0.1) is 0 Å². The van der Waals surface area contributed by atoms with Crippen LogP contribution in [0.1, 0.15) is 31.4 Å². The van der Waals surface area contributed by atoms with Crippen molar-refractivity contribution in [1.29, 1.82) is 0 Å². The Labute approximate surface area is 78.4 Å². The molecule has 1 unspecified atom stereocenters. The second-order valence-electron chi connectivity index (χ2n) is 3.21. The quantitative estimate of drug-likeness (QED) is 0.490. The molecule has 0 saturated heterocycles. The van der Waals surface area contributed by atoms with E-state index in [1.807, 2.05) is 0 Å². The van der Waals surface area contributed by atoms with Crippen LogP contribution in [0.25, 0.3) is 0 Å². The van der Waals surface area contributed by atoms with Gasteiger partial charge in [0.25, 0.3) is 0 Å². The molecule has 3 nitrogen and oxygen atoms in total. The molecule has 13 heavy (non-hydrogen) atoms. The van der Waals surface area contributed by atoms with E-state index in [1.54, 1.807) is 18.2 Å². The van der Waals surface area contributed by atoms with Crippen molar-refractivity contribution in [3.63, 3.8) is 0 Å². The molecule has 1 rings (SSSR count). The van der Waals surface area contributed by atoms with Crippen molar-refractivity contribution < 1.29 is 5.11 Å². The van der Waals surface area contributed by atoms with Crippen molar-refractivity contribution >= 4 is 5.69 Å². The van der Waals surface area contributed by atoms with E-state index in [0.29, 0.717) is 5.69 Å². The highest BCUT2D eigenvalue weighted by Crippen LogP contribution is 2.27. The van der Waals surface area contributed by atoms with Crippen molar-refractivity contribution in [2.75, 3.05) is 5.73 Å². The van der Waals surface area contributed by atoms with Crippen LogP contribution in [0.4, 0.5) is 5.69 Å². The monoisotopic (exact) mass is 180 g/mol. The third-order valence-electron chi connectivity index (χ3n) is 2.05. The van der Waals surface area contributed by atoms with Gasteiger partial charge < -0.3 is 16.6 Å². The Morgan fingerprint density at radius 1 is 1.46 bits per heavy atom. The highest BCUT2D eigenvalue weighted by molar-refractivity contribution is 5.48. The molecule has 1 aromatic carbocycles. The van der Waals surface area contributed by atoms with Gasteiger partial charge in [-0.05, 0) is 24.6 Å². The Hall–Kier alpha value is -1.22. The number of phenolic OH excluding ortho intramolecular Hbond substituents is 1. The summed E-state index contributed by atoms with van der Waals surface area (Å²) in [6, 6.07) is 4.86. The lowest BCUT2D eigenvalue weighted by Crippen LogP contribution is -2.10. The summed E-state index contributed by atoms with van der Waals surface area (Å²) in [5.41, 5.74) is 12.8. The van der Waals surface area contributed by atoms with Gasteiger partial charge >= 0.3 is 0 Å². The molecule has 0 aliphatic carbocycles. The third kappa shape index (κ3) is 2.36. The van der Waals surface area contributed by atoms with Crippen LogP contribution in [-0.4, -0.2) is 5.11 Å². The maximum atomic E-state index is 9.50. The van der Waals surface area contributed by atoms with Crippen LogP contribution in [0.5, 0.6) is 5.75 Å². The Balaban J connectivity index is 2.91. The Morgan fingerprint density at radius 3 is 2.77 bits per heavy atom. The Morgan fingerprint density at radius 2 is 2.15 bits per heavy atom. The zero-order chi connectivity index (χ0) is 9.84. The molecular formula is C10H16N2O. The summed E-state index contributed by atoms with van der Waals surface area (Å²) in [6.07, 6.45) is 1.85. The zero-order valence-corrected chi connectivity index (χ0v) is 7.83. The van der Waals surface area contributed by atoms with E-state index in [-0.39, 0.29) is 11.8 Å². The number of rotatable bonds is 3. The zero-order valence-electron chi connectivity index (χ0n) is 7.83. The van der Waals surface area contributed by atoms with Crippen LogP contribution in [0.2, 0.25) is 0 Å². The maximum absolute atomic E-state index is 9.50. The van der Waals surface area contributed by atoms with E-state index in [4.69, 9.17) is 11.5 Å². The summed E-state index contributed by atoms with van der Waals surface area (Å²) in [6.45, 7) is 2.06. The predicted molar refractivity (Wildman–Crippen MR) is 54.4 cm³/mol. The van der Waals surface area contributed by atoms with Crippen molar-refractivity contribution in [1.82, 2.24) is 0 Å². The number of phenols is 1. The van der Waals surface area contributed by atoms with Gasteiger partial charge in [0.05, 0.1) is 0 Å². The van der Waals surface area contributed by atoms with E-state index in [2.05, 4.69) is 6.92 Å². The summed E-state index contributed by atoms with van der Waals surface area (Å²) in [4.78, 5) is 0. The van der Waals surface area contributed by atoms with Gasteiger partial charge in [-0.1, -0.05) is 13.3 Å². The van der Waals surface area contributed by atoms with E-state index in [1.165, 1.54) is 0 Å². The fourth-order valence-electron chi connectivity index (χ4n) is 1.34. The number of benzene rings is 1. The number of nitrogen functional groups attached to an aromatic ring is 1. The topological polar surface area (TPSA) is 72.3 Å². The molecule has 0 fully saturated rings. The van der Waals surface area contributed by atoms with Crippen LogP contribution in [0.3, 0.4) is 0 Å². The molecule has 72 valence electrons. The Bertz CT molecular complexity index is 286. The highest BCUT2D eigenvalue weighted by atomic mass is 16.3. The molecule has 1 aromatic rings. The number of hydrogen-bond donors (Lipinski definition) is 3. The van der Waals surface area contributed by atoms with E-state index in [0.717, 1.165) is 18.4 Å². The second-order valence-corrected chi connectivity index (χ2v) is 3.21. The first kappa shape index (κ1) is 9.86. The van der Waals surface area contributed by atoms with E-state index < -0.39 is 0 Å².